The average Bonchev–Trinajstić information content (AvgIpc) is 2.90. The molecule has 216 valence electrons. The van der Waals surface area contributed by atoms with E-state index < -0.39 is 67.5 Å². The fraction of sp³-hybridized carbons (Fsp3) is 0.120. The number of fused-ring (bicyclic) bond motifs is 1. The summed E-state index contributed by atoms with van der Waals surface area (Å²) in [5, 5.41) is 9.35. The van der Waals surface area contributed by atoms with Crippen molar-refractivity contribution < 1.29 is 44.3 Å². The van der Waals surface area contributed by atoms with Crippen molar-refractivity contribution in [1.29, 1.82) is 0 Å². The maximum absolute atomic E-state index is 13.7. The van der Waals surface area contributed by atoms with Crippen LogP contribution in [0.5, 0.6) is 0 Å². The van der Waals surface area contributed by atoms with Crippen molar-refractivity contribution in [2.45, 2.75) is 16.0 Å². The lowest BCUT2D eigenvalue weighted by molar-refractivity contribution is -0.135. The largest absolute Gasteiger partial charge is 0.480 e. The van der Waals surface area contributed by atoms with Gasteiger partial charge < -0.3 is 5.11 Å². The van der Waals surface area contributed by atoms with Crippen LogP contribution in [0.15, 0.2) is 88.8 Å². The van der Waals surface area contributed by atoms with Gasteiger partial charge in [-0.1, -0.05) is 35.9 Å². The molecule has 0 aliphatic rings. The number of aromatic nitrogens is 1. The molecule has 4 aromatic rings. The van der Waals surface area contributed by atoms with Gasteiger partial charge >= 0.3 is 12.1 Å². The third-order valence-corrected chi connectivity index (χ3v) is 9.44. The predicted molar refractivity (Wildman–Crippen MR) is 142 cm³/mol. The van der Waals surface area contributed by atoms with Crippen molar-refractivity contribution in [3.8, 4) is 0 Å². The minimum atomic E-state index is -5.04. The summed E-state index contributed by atoms with van der Waals surface area (Å²) < 4.78 is 109. The van der Waals surface area contributed by atoms with Gasteiger partial charge in [-0.25, -0.2) is 30.5 Å². The summed E-state index contributed by atoms with van der Waals surface area (Å²) in [7, 11) is -9.57. The molecule has 0 saturated carbocycles. The molecule has 4 rings (SSSR count). The molecule has 0 atom stereocenters. The molecule has 0 aliphatic carbocycles. The van der Waals surface area contributed by atoms with Crippen LogP contribution in [-0.4, -0.2) is 52.2 Å². The van der Waals surface area contributed by atoms with E-state index >= 15 is 0 Å². The summed E-state index contributed by atoms with van der Waals surface area (Å²) in [6.07, 6.45) is -4.34. The lowest BCUT2D eigenvalue weighted by atomic mass is 10.1. The van der Waals surface area contributed by atoms with E-state index in [1.165, 1.54) is 36.4 Å². The quantitative estimate of drug-likeness (QED) is 0.256. The van der Waals surface area contributed by atoms with E-state index in [0.29, 0.717) is 10.5 Å². The highest BCUT2D eigenvalue weighted by molar-refractivity contribution is 7.93. The first kappa shape index (κ1) is 30.0. The van der Waals surface area contributed by atoms with Crippen LogP contribution in [0, 0.1) is 5.82 Å². The van der Waals surface area contributed by atoms with E-state index in [0.717, 1.165) is 36.4 Å². The van der Waals surface area contributed by atoms with Gasteiger partial charge in [-0.2, -0.15) is 13.2 Å². The molecule has 0 radical (unpaired) electrons. The Balaban J connectivity index is 1.96. The van der Waals surface area contributed by atoms with E-state index in [4.69, 9.17) is 11.6 Å². The topological polar surface area (TPSA) is 125 Å². The Labute approximate surface area is 236 Å². The van der Waals surface area contributed by atoms with Gasteiger partial charge in [0.1, 0.15) is 18.9 Å². The number of pyridine rings is 1. The van der Waals surface area contributed by atoms with Crippen LogP contribution in [0.3, 0.4) is 0 Å². The van der Waals surface area contributed by atoms with Gasteiger partial charge in [0.2, 0.25) is 0 Å². The summed E-state index contributed by atoms with van der Waals surface area (Å²) in [5.41, 5.74) is -0.579. The Morgan fingerprint density at radius 1 is 0.829 bits per heavy atom. The minimum Gasteiger partial charge on any atom is -0.480 e. The van der Waals surface area contributed by atoms with E-state index in [9.17, 15) is 44.3 Å². The van der Waals surface area contributed by atoms with Gasteiger partial charge in [0.25, 0.3) is 20.0 Å². The number of hydrogen-bond acceptors (Lipinski definition) is 6. The Hall–Kier alpha value is -3.95. The maximum Gasteiger partial charge on any atom is 0.407 e. The van der Waals surface area contributed by atoms with Crippen LogP contribution >= 0.6 is 11.6 Å². The standard InChI is InChI=1S/C25H18ClF4N3O6S2/c26-16-5-9-18(10-6-16)40(36,37)32(14-23(34)35)24-21-4-2-1-3-20(21)22(13-31-24)33(15-25(28,29)30)41(38,39)19-11-7-17(27)8-12-19/h1-13H,14-15H2,(H,34,35). The van der Waals surface area contributed by atoms with Crippen LogP contribution in [0.4, 0.5) is 29.1 Å². The number of rotatable bonds is 9. The lowest BCUT2D eigenvalue weighted by Gasteiger charge is -2.28. The smallest absolute Gasteiger partial charge is 0.407 e. The second-order valence-corrected chi connectivity index (χ2v) is 12.6. The molecule has 0 fully saturated rings. The monoisotopic (exact) mass is 631 g/mol. The van der Waals surface area contributed by atoms with E-state index in [2.05, 4.69) is 4.98 Å². The van der Waals surface area contributed by atoms with Crippen molar-refractivity contribution in [2.24, 2.45) is 0 Å². The van der Waals surface area contributed by atoms with Gasteiger partial charge in [0, 0.05) is 15.8 Å². The van der Waals surface area contributed by atoms with Crippen molar-refractivity contribution in [3.63, 3.8) is 0 Å². The van der Waals surface area contributed by atoms with E-state index in [1.807, 2.05) is 0 Å². The molecular weight excluding hydrogens is 614 g/mol. The molecule has 0 aliphatic heterocycles. The molecule has 16 heteroatoms. The third-order valence-electron chi connectivity index (χ3n) is 5.66. The molecule has 1 aromatic heterocycles. The number of sulfonamides is 2. The Kier molecular flexibility index (Phi) is 8.16. The summed E-state index contributed by atoms with van der Waals surface area (Å²) in [5.74, 6) is -2.87. The summed E-state index contributed by atoms with van der Waals surface area (Å²) in [6, 6.07) is 13.1. The summed E-state index contributed by atoms with van der Waals surface area (Å²) in [4.78, 5) is 14.7. The van der Waals surface area contributed by atoms with Crippen molar-refractivity contribution in [2.75, 3.05) is 21.7 Å². The molecule has 41 heavy (non-hydrogen) atoms. The number of alkyl halides is 3. The van der Waals surface area contributed by atoms with Gasteiger partial charge in [-0.05, 0) is 48.5 Å². The number of anilines is 2. The molecule has 0 unspecified atom stereocenters. The molecule has 0 spiro atoms. The van der Waals surface area contributed by atoms with Crippen LogP contribution in [0.2, 0.25) is 5.02 Å². The third kappa shape index (κ3) is 6.36. The van der Waals surface area contributed by atoms with Gasteiger partial charge in [0.05, 0.1) is 21.7 Å². The molecule has 0 saturated heterocycles. The van der Waals surface area contributed by atoms with Crippen molar-refractivity contribution in [1.82, 2.24) is 4.98 Å². The van der Waals surface area contributed by atoms with Crippen molar-refractivity contribution in [3.05, 3.63) is 89.8 Å². The number of aliphatic carboxylic acids is 1. The second kappa shape index (κ2) is 11.1. The highest BCUT2D eigenvalue weighted by Crippen LogP contribution is 2.38. The summed E-state index contributed by atoms with van der Waals surface area (Å²) in [6.45, 7) is -3.12. The zero-order chi connectivity index (χ0) is 30.2. The normalized spacial score (nSPS) is 12.3. The first-order chi connectivity index (χ1) is 19.1. The average molecular weight is 632 g/mol. The van der Waals surface area contributed by atoms with E-state index in [-0.39, 0.29) is 25.0 Å². The number of carboxylic acid groups (broad SMARTS) is 1. The highest BCUT2D eigenvalue weighted by Gasteiger charge is 2.39. The lowest BCUT2D eigenvalue weighted by Crippen LogP contribution is -2.39. The van der Waals surface area contributed by atoms with Crippen molar-refractivity contribution >= 4 is 59.9 Å². The molecule has 0 amide bonds. The van der Waals surface area contributed by atoms with Crippen LogP contribution in [0.25, 0.3) is 10.8 Å². The Morgan fingerprint density at radius 2 is 1.34 bits per heavy atom. The summed E-state index contributed by atoms with van der Waals surface area (Å²) >= 11 is 5.84. The zero-order valence-electron chi connectivity index (χ0n) is 20.5. The second-order valence-electron chi connectivity index (χ2n) is 8.45. The number of hydrogen-bond donors (Lipinski definition) is 1. The molecule has 3 aromatic carbocycles. The van der Waals surface area contributed by atoms with Gasteiger partial charge in [-0.3, -0.25) is 9.10 Å². The van der Waals surface area contributed by atoms with Crippen LogP contribution in [0.1, 0.15) is 0 Å². The first-order valence-electron chi connectivity index (χ1n) is 11.3. The Morgan fingerprint density at radius 3 is 1.88 bits per heavy atom. The van der Waals surface area contributed by atoms with Crippen LogP contribution < -0.4 is 8.61 Å². The molecule has 9 nitrogen and oxygen atoms in total. The predicted octanol–water partition coefficient (Wildman–Crippen LogP) is 5.06. The number of carboxylic acids is 1. The number of carbonyl (C=O) groups is 1. The molecular formula is C25H18ClF4N3O6S2. The fourth-order valence-corrected chi connectivity index (χ4v) is 6.86. The highest BCUT2D eigenvalue weighted by atomic mass is 35.5. The number of benzene rings is 3. The zero-order valence-corrected chi connectivity index (χ0v) is 22.8. The SMILES string of the molecule is O=C(O)CN(c1ncc(N(CC(F)(F)F)S(=O)(=O)c2ccc(F)cc2)c2ccccc12)S(=O)(=O)c1ccc(Cl)cc1. The van der Waals surface area contributed by atoms with Crippen LogP contribution in [-0.2, 0) is 24.8 Å². The fourth-order valence-electron chi connectivity index (χ4n) is 3.89. The molecule has 1 heterocycles. The van der Waals surface area contributed by atoms with Gasteiger partial charge in [0.15, 0.2) is 5.82 Å². The van der Waals surface area contributed by atoms with Gasteiger partial charge in [-0.15, -0.1) is 0 Å². The molecule has 0 bridgehead atoms. The maximum atomic E-state index is 13.7. The number of halogens is 5. The molecule has 1 N–H and O–H groups in total. The first-order valence-corrected chi connectivity index (χ1v) is 14.6. The minimum absolute atomic E-state index is 0.0224. The van der Waals surface area contributed by atoms with E-state index in [1.54, 1.807) is 0 Å². The number of nitrogens with zero attached hydrogens (tertiary/aromatic N) is 3. The Bertz CT molecular complexity index is 1820.